The zero-order valence-corrected chi connectivity index (χ0v) is 13.0. The molecule has 0 aliphatic heterocycles. The van der Waals surface area contributed by atoms with E-state index in [9.17, 15) is 4.79 Å². The predicted octanol–water partition coefficient (Wildman–Crippen LogP) is 2.95. The van der Waals surface area contributed by atoms with E-state index in [-0.39, 0.29) is 0 Å². The average molecular weight is 279 g/mol. The third kappa shape index (κ3) is 3.97. The van der Waals surface area contributed by atoms with Crippen LogP contribution in [0.25, 0.3) is 0 Å². The molecule has 0 aliphatic rings. The molecule has 4 heteroatoms. The fourth-order valence-corrected chi connectivity index (χ4v) is 2.10. The minimum Gasteiger partial charge on any atom is -0.493 e. The van der Waals surface area contributed by atoms with Crippen LogP contribution in [0, 0.1) is 6.92 Å². The second-order valence-corrected chi connectivity index (χ2v) is 5.66. The first-order valence-electron chi connectivity index (χ1n) is 6.96. The monoisotopic (exact) mass is 279 g/mol. The molecule has 0 bridgehead atoms. The smallest absolute Gasteiger partial charge is 0.323 e. The molecule has 4 nitrogen and oxygen atoms in total. The number of hydrogen-bond acceptors (Lipinski definition) is 3. The van der Waals surface area contributed by atoms with Gasteiger partial charge in [0.25, 0.3) is 0 Å². The lowest BCUT2D eigenvalue weighted by molar-refractivity contribution is -0.144. The molecule has 2 N–H and O–H groups in total. The molecule has 0 amide bonds. The maximum atomic E-state index is 11.2. The van der Waals surface area contributed by atoms with Gasteiger partial charge in [-0.3, -0.25) is 4.79 Å². The minimum absolute atomic E-state index is 0.365. The first-order chi connectivity index (χ1) is 9.30. The molecule has 1 unspecified atom stereocenters. The highest BCUT2D eigenvalue weighted by atomic mass is 16.5. The van der Waals surface area contributed by atoms with Crippen LogP contribution in [0.4, 0.5) is 0 Å². The molecule has 0 aliphatic carbocycles. The van der Waals surface area contributed by atoms with E-state index in [2.05, 4.69) is 32.2 Å². The number of carboxylic acids is 1. The van der Waals surface area contributed by atoms with Gasteiger partial charge in [-0.15, -0.1) is 0 Å². The van der Waals surface area contributed by atoms with E-state index in [0.717, 1.165) is 5.75 Å². The Morgan fingerprint density at radius 1 is 1.45 bits per heavy atom. The number of aliphatic carboxylic acids is 1. The van der Waals surface area contributed by atoms with Gasteiger partial charge in [0.05, 0.1) is 6.61 Å². The second kappa shape index (κ2) is 6.75. The van der Waals surface area contributed by atoms with Crippen molar-refractivity contribution in [2.24, 2.45) is 0 Å². The number of nitrogens with one attached hydrogen (secondary N) is 1. The quantitative estimate of drug-likeness (QED) is 0.805. The van der Waals surface area contributed by atoms with Crippen molar-refractivity contribution >= 4 is 5.97 Å². The van der Waals surface area contributed by atoms with Crippen LogP contribution in [0.2, 0.25) is 0 Å². The molecule has 112 valence electrons. The largest absolute Gasteiger partial charge is 0.493 e. The molecule has 0 radical (unpaired) electrons. The highest BCUT2D eigenvalue weighted by Crippen LogP contribution is 2.23. The van der Waals surface area contributed by atoms with Crippen LogP contribution in [-0.4, -0.2) is 30.3 Å². The minimum atomic E-state index is -0.951. The Labute approximate surface area is 121 Å². The Kier molecular flexibility index (Phi) is 5.57. The first-order valence-corrected chi connectivity index (χ1v) is 6.96. The third-order valence-corrected chi connectivity index (χ3v) is 3.76. The van der Waals surface area contributed by atoms with Crippen molar-refractivity contribution in [3.8, 4) is 5.75 Å². The number of aryl methyl sites for hydroxylation is 1. The van der Waals surface area contributed by atoms with Crippen LogP contribution in [0.3, 0.4) is 0 Å². The molecule has 1 atom stereocenters. The van der Waals surface area contributed by atoms with Crippen LogP contribution < -0.4 is 10.1 Å². The molecule has 0 saturated heterocycles. The van der Waals surface area contributed by atoms with E-state index in [0.29, 0.717) is 18.9 Å². The molecule has 0 heterocycles. The lowest BCUT2D eigenvalue weighted by atomic mass is 9.98. The number of ether oxygens (including phenoxy) is 1. The van der Waals surface area contributed by atoms with Gasteiger partial charge in [-0.1, -0.05) is 19.9 Å². The molecule has 20 heavy (non-hydrogen) atoms. The summed E-state index contributed by atoms with van der Waals surface area (Å²) in [6.45, 7) is 8.41. The number of rotatable bonds is 7. The van der Waals surface area contributed by atoms with Crippen molar-refractivity contribution in [3.63, 3.8) is 0 Å². The molecular weight excluding hydrogens is 254 g/mol. The summed E-state index contributed by atoms with van der Waals surface area (Å²) in [4.78, 5) is 11.2. The third-order valence-electron chi connectivity index (χ3n) is 3.76. The Morgan fingerprint density at radius 3 is 2.55 bits per heavy atom. The highest BCUT2D eigenvalue weighted by Gasteiger charge is 2.30. The Balaban J connectivity index is 2.63. The van der Waals surface area contributed by atoms with Crippen LogP contribution >= 0.6 is 0 Å². The van der Waals surface area contributed by atoms with Crippen molar-refractivity contribution in [3.05, 3.63) is 29.3 Å². The van der Waals surface area contributed by atoms with Crippen molar-refractivity contribution in [1.29, 1.82) is 0 Å². The van der Waals surface area contributed by atoms with Gasteiger partial charge in [-0.05, 0) is 50.1 Å². The summed E-state index contributed by atoms with van der Waals surface area (Å²) in [6.07, 6.45) is 0.407. The SMILES string of the molecule is CNC(C)(CCOc1ccc(C(C)C)c(C)c1)C(=O)O. The van der Waals surface area contributed by atoms with Gasteiger partial charge in [-0.25, -0.2) is 0 Å². The lowest BCUT2D eigenvalue weighted by Gasteiger charge is -2.24. The highest BCUT2D eigenvalue weighted by molar-refractivity contribution is 5.78. The summed E-state index contributed by atoms with van der Waals surface area (Å²) in [7, 11) is 1.65. The number of hydrogen-bond donors (Lipinski definition) is 2. The van der Waals surface area contributed by atoms with Crippen molar-refractivity contribution in [1.82, 2.24) is 5.32 Å². The van der Waals surface area contributed by atoms with E-state index in [1.165, 1.54) is 11.1 Å². The molecule has 0 fully saturated rings. The van der Waals surface area contributed by atoms with E-state index in [1.807, 2.05) is 12.1 Å². The number of carbonyl (C=O) groups is 1. The summed E-state index contributed by atoms with van der Waals surface area (Å²) >= 11 is 0. The van der Waals surface area contributed by atoms with Crippen molar-refractivity contribution < 1.29 is 14.6 Å². The van der Waals surface area contributed by atoms with E-state index < -0.39 is 11.5 Å². The van der Waals surface area contributed by atoms with Crippen LogP contribution in [0.1, 0.15) is 44.2 Å². The van der Waals surface area contributed by atoms with Crippen molar-refractivity contribution in [2.45, 2.75) is 45.6 Å². The zero-order valence-electron chi connectivity index (χ0n) is 13.0. The van der Waals surface area contributed by atoms with Gasteiger partial charge in [0.1, 0.15) is 11.3 Å². The van der Waals surface area contributed by atoms with Gasteiger partial charge in [0.2, 0.25) is 0 Å². The number of benzene rings is 1. The van der Waals surface area contributed by atoms with Crippen LogP contribution in [0.15, 0.2) is 18.2 Å². The van der Waals surface area contributed by atoms with Crippen molar-refractivity contribution in [2.75, 3.05) is 13.7 Å². The fraction of sp³-hybridized carbons (Fsp3) is 0.562. The van der Waals surface area contributed by atoms with Crippen LogP contribution in [-0.2, 0) is 4.79 Å². The second-order valence-electron chi connectivity index (χ2n) is 5.66. The molecular formula is C16H25NO3. The van der Waals surface area contributed by atoms with Gasteiger partial charge >= 0.3 is 5.97 Å². The summed E-state index contributed by atoms with van der Waals surface area (Å²) in [5.41, 5.74) is 1.56. The topological polar surface area (TPSA) is 58.6 Å². The zero-order chi connectivity index (χ0) is 15.3. The molecule has 0 spiro atoms. The van der Waals surface area contributed by atoms with Gasteiger partial charge in [0.15, 0.2) is 0 Å². The van der Waals surface area contributed by atoms with Gasteiger partial charge in [-0.2, -0.15) is 0 Å². The van der Waals surface area contributed by atoms with Gasteiger partial charge < -0.3 is 15.2 Å². The molecule has 1 aromatic rings. The maximum Gasteiger partial charge on any atom is 0.323 e. The molecule has 0 saturated carbocycles. The Bertz CT molecular complexity index is 471. The molecule has 0 aromatic heterocycles. The van der Waals surface area contributed by atoms with E-state index >= 15 is 0 Å². The average Bonchev–Trinajstić information content (AvgIpc) is 2.37. The first kappa shape index (κ1) is 16.5. The summed E-state index contributed by atoms with van der Waals surface area (Å²) in [5, 5.41) is 12.0. The summed E-state index contributed by atoms with van der Waals surface area (Å²) in [5.74, 6) is 0.411. The summed E-state index contributed by atoms with van der Waals surface area (Å²) in [6, 6.07) is 6.02. The van der Waals surface area contributed by atoms with E-state index in [4.69, 9.17) is 9.84 Å². The standard InChI is InChI=1S/C16H25NO3/c1-11(2)14-7-6-13(10-12(14)3)20-9-8-16(4,17-5)15(18)19/h6-7,10-11,17H,8-9H2,1-5H3,(H,18,19). The Morgan fingerprint density at radius 2 is 2.10 bits per heavy atom. The lowest BCUT2D eigenvalue weighted by Crippen LogP contribution is -2.48. The molecule has 1 aromatic carbocycles. The van der Waals surface area contributed by atoms with Gasteiger partial charge in [0, 0.05) is 6.42 Å². The van der Waals surface area contributed by atoms with Crippen LogP contribution in [0.5, 0.6) is 5.75 Å². The summed E-state index contributed by atoms with van der Waals surface area (Å²) < 4.78 is 5.67. The fourth-order valence-electron chi connectivity index (χ4n) is 2.10. The van der Waals surface area contributed by atoms with E-state index in [1.54, 1.807) is 14.0 Å². The number of likely N-dealkylation sites (N-methyl/N-ethyl adjacent to an activating group) is 1. The molecule has 1 rings (SSSR count). The number of carboxylic acid groups (broad SMARTS) is 1. The normalized spacial score (nSPS) is 14.1. The maximum absolute atomic E-state index is 11.2. The predicted molar refractivity (Wildman–Crippen MR) is 80.5 cm³/mol. The Hall–Kier alpha value is -1.55.